The standard InChI is InChI=1S/C5H15N2OP/c1-3-7(4-2)5-9(6)8/h8H,3-6H2,1-2H3. The Labute approximate surface area is 57.7 Å². The van der Waals surface area contributed by atoms with Crippen molar-refractivity contribution >= 4 is 8.30 Å². The third-order valence-electron chi connectivity index (χ3n) is 1.24. The average molecular weight is 150 g/mol. The Balaban J connectivity index is 3.31. The molecule has 56 valence electrons. The summed E-state index contributed by atoms with van der Waals surface area (Å²) in [5.74, 6) is 0. The van der Waals surface area contributed by atoms with Gasteiger partial charge in [0.2, 0.25) is 0 Å². The van der Waals surface area contributed by atoms with Crippen molar-refractivity contribution in [3.63, 3.8) is 0 Å². The second-order valence-corrected chi connectivity index (χ2v) is 3.05. The third-order valence-corrected chi connectivity index (χ3v) is 1.93. The van der Waals surface area contributed by atoms with Gasteiger partial charge in [0, 0.05) is 0 Å². The zero-order chi connectivity index (χ0) is 7.28. The van der Waals surface area contributed by atoms with E-state index in [0.717, 1.165) is 13.1 Å². The number of nitrogens with zero attached hydrogens (tertiary/aromatic N) is 1. The van der Waals surface area contributed by atoms with Gasteiger partial charge in [-0.3, -0.25) is 10.4 Å². The second kappa shape index (κ2) is 5.12. The van der Waals surface area contributed by atoms with Crippen LogP contribution in [0.4, 0.5) is 0 Å². The molecule has 0 aromatic rings. The van der Waals surface area contributed by atoms with Gasteiger partial charge < -0.3 is 4.89 Å². The maximum absolute atomic E-state index is 8.79. The van der Waals surface area contributed by atoms with Crippen molar-refractivity contribution in [1.29, 1.82) is 0 Å². The van der Waals surface area contributed by atoms with E-state index in [4.69, 9.17) is 10.4 Å². The van der Waals surface area contributed by atoms with E-state index in [9.17, 15) is 0 Å². The number of hydrogen-bond acceptors (Lipinski definition) is 3. The van der Waals surface area contributed by atoms with Crippen molar-refractivity contribution in [3.05, 3.63) is 0 Å². The van der Waals surface area contributed by atoms with Crippen molar-refractivity contribution in [1.82, 2.24) is 4.90 Å². The highest BCUT2D eigenvalue weighted by Crippen LogP contribution is 2.18. The smallest absolute Gasteiger partial charge is 0.110 e. The molecule has 0 spiro atoms. The van der Waals surface area contributed by atoms with E-state index in [2.05, 4.69) is 18.7 Å². The summed E-state index contributed by atoms with van der Waals surface area (Å²) in [7, 11) is -1.23. The van der Waals surface area contributed by atoms with Crippen LogP contribution in [0.25, 0.3) is 0 Å². The Morgan fingerprint density at radius 3 is 2.00 bits per heavy atom. The van der Waals surface area contributed by atoms with Crippen LogP contribution in [0.1, 0.15) is 13.8 Å². The van der Waals surface area contributed by atoms with Crippen molar-refractivity contribution < 1.29 is 4.89 Å². The van der Waals surface area contributed by atoms with Gasteiger partial charge in [-0.2, -0.15) is 0 Å². The van der Waals surface area contributed by atoms with Crippen LogP contribution in [0.3, 0.4) is 0 Å². The molecule has 3 N–H and O–H groups in total. The number of hydrogen-bond donors (Lipinski definition) is 2. The molecule has 0 aliphatic heterocycles. The highest BCUT2D eigenvalue weighted by Gasteiger charge is 2.02. The third kappa shape index (κ3) is 4.79. The van der Waals surface area contributed by atoms with E-state index >= 15 is 0 Å². The van der Waals surface area contributed by atoms with Crippen molar-refractivity contribution in [2.24, 2.45) is 5.50 Å². The van der Waals surface area contributed by atoms with Crippen LogP contribution in [-0.2, 0) is 0 Å². The Morgan fingerprint density at radius 2 is 1.89 bits per heavy atom. The SMILES string of the molecule is CCN(CC)CP(N)O. The molecule has 0 bridgehead atoms. The lowest BCUT2D eigenvalue weighted by Crippen LogP contribution is -2.24. The number of rotatable bonds is 4. The average Bonchev–Trinajstić information content (AvgIpc) is 1.82. The predicted octanol–water partition coefficient (Wildman–Crippen LogP) is 0.549. The summed E-state index contributed by atoms with van der Waals surface area (Å²) in [6.45, 7) is 6.05. The lowest BCUT2D eigenvalue weighted by atomic mass is 10.6. The first-order chi connectivity index (χ1) is 4.20. The van der Waals surface area contributed by atoms with Gasteiger partial charge in [0.05, 0.1) is 6.29 Å². The fourth-order valence-corrected chi connectivity index (χ4v) is 1.44. The fraction of sp³-hybridized carbons (Fsp3) is 1.00. The molecule has 1 atom stereocenters. The highest BCUT2D eigenvalue weighted by molar-refractivity contribution is 7.48. The van der Waals surface area contributed by atoms with Gasteiger partial charge in [-0.25, -0.2) is 0 Å². The molecule has 0 aromatic heterocycles. The van der Waals surface area contributed by atoms with E-state index in [0.29, 0.717) is 6.29 Å². The molecule has 0 fully saturated rings. The minimum Gasteiger partial charge on any atom is -0.358 e. The first-order valence-corrected chi connectivity index (χ1v) is 4.69. The van der Waals surface area contributed by atoms with Gasteiger partial charge in [-0.1, -0.05) is 13.8 Å². The van der Waals surface area contributed by atoms with Crippen LogP contribution in [0.2, 0.25) is 0 Å². The summed E-state index contributed by atoms with van der Waals surface area (Å²) >= 11 is 0. The van der Waals surface area contributed by atoms with Crippen LogP contribution >= 0.6 is 8.30 Å². The highest BCUT2D eigenvalue weighted by atomic mass is 31.2. The minimum atomic E-state index is -1.23. The molecular formula is C5H15N2OP. The normalized spacial score (nSPS) is 14.3. The molecule has 0 aromatic carbocycles. The molecule has 0 aliphatic carbocycles. The Kier molecular flexibility index (Phi) is 5.30. The zero-order valence-electron chi connectivity index (χ0n) is 6.04. The van der Waals surface area contributed by atoms with Gasteiger partial charge in [0.15, 0.2) is 0 Å². The minimum absolute atomic E-state index is 0.641. The van der Waals surface area contributed by atoms with Gasteiger partial charge in [0.25, 0.3) is 0 Å². The summed E-state index contributed by atoms with van der Waals surface area (Å²) in [5.41, 5.74) is 5.22. The molecular weight excluding hydrogens is 135 g/mol. The van der Waals surface area contributed by atoms with Crippen LogP contribution in [0, 0.1) is 0 Å². The summed E-state index contributed by atoms with van der Waals surface area (Å²) in [4.78, 5) is 10.9. The topological polar surface area (TPSA) is 49.5 Å². The maximum Gasteiger partial charge on any atom is 0.110 e. The summed E-state index contributed by atoms with van der Waals surface area (Å²) in [6, 6.07) is 0. The van der Waals surface area contributed by atoms with Crippen molar-refractivity contribution in [2.75, 3.05) is 19.4 Å². The maximum atomic E-state index is 8.79. The summed E-state index contributed by atoms with van der Waals surface area (Å²) < 4.78 is 0. The lowest BCUT2D eigenvalue weighted by Gasteiger charge is -2.18. The lowest BCUT2D eigenvalue weighted by molar-refractivity contribution is 0.347. The molecule has 9 heavy (non-hydrogen) atoms. The van der Waals surface area contributed by atoms with Crippen LogP contribution in [-0.4, -0.2) is 29.2 Å². The van der Waals surface area contributed by atoms with Crippen LogP contribution < -0.4 is 5.50 Å². The van der Waals surface area contributed by atoms with E-state index < -0.39 is 8.30 Å². The monoisotopic (exact) mass is 150 g/mol. The second-order valence-electron chi connectivity index (χ2n) is 1.88. The van der Waals surface area contributed by atoms with Crippen LogP contribution in [0.5, 0.6) is 0 Å². The molecule has 0 aliphatic rings. The predicted molar refractivity (Wildman–Crippen MR) is 41.1 cm³/mol. The largest absolute Gasteiger partial charge is 0.358 e. The van der Waals surface area contributed by atoms with Gasteiger partial charge in [0.1, 0.15) is 8.30 Å². The summed E-state index contributed by atoms with van der Waals surface area (Å²) in [5, 5.41) is 0. The van der Waals surface area contributed by atoms with Gasteiger partial charge >= 0.3 is 0 Å². The molecule has 0 amide bonds. The Hall–Kier alpha value is 0.310. The molecule has 4 heteroatoms. The van der Waals surface area contributed by atoms with Crippen molar-refractivity contribution in [2.45, 2.75) is 13.8 Å². The first kappa shape index (κ1) is 9.31. The molecule has 0 radical (unpaired) electrons. The van der Waals surface area contributed by atoms with Crippen LogP contribution in [0.15, 0.2) is 0 Å². The quantitative estimate of drug-likeness (QED) is 0.575. The Morgan fingerprint density at radius 1 is 1.44 bits per heavy atom. The first-order valence-electron chi connectivity index (χ1n) is 3.14. The van der Waals surface area contributed by atoms with E-state index in [1.807, 2.05) is 0 Å². The molecule has 0 saturated carbocycles. The fourth-order valence-electron chi connectivity index (χ4n) is 0.629. The summed E-state index contributed by atoms with van der Waals surface area (Å²) in [6.07, 6.45) is 0.641. The zero-order valence-corrected chi connectivity index (χ0v) is 6.93. The Bertz CT molecular complexity index is 66.0. The van der Waals surface area contributed by atoms with Crippen molar-refractivity contribution in [3.8, 4) is 0 Å². The number of nitrogens with two attached hydrogens (primary N) is 1. The molecule has 0 saturated heterocycles. The van der Waals surface area contributed by atoms with Gasteiger partial charge in [-0.05, 0) is 13.1 Å². The molecule has 1 unspecified atom stereocenters. The van der Waals surface area contributed by atoms with E-state index in [1.165, 1.54) is 0 Å². The molecule has 0 heterocycles. The van der Waals surface area contributed by atoms with E-state index in [1.54, 1.807) is 0 Å². The van der Waals surface area contributed by atoms with Gasteiger partial charge in [-0.15, -0.1) is 0 Å². The molecule has 3 nitrogen and oxygen atoms in total. The molecule has 0 rings (SSSR count). The van der Waals surface area contributed by atoms with E-state index in [-0.39, 0.29) is 0 Å².